The number of carbonyl (C=O) groups is 1. The molecule has 1 aliphatic heterocycles. The molecule has 0 saturated carbocycles. The van der Waals surface area contributed by atoms with Gasteiger partial charge in [-0.2, -0.15) is 4.89 Å². The number of hydrogen-bond acceptors (Lipinski definition) is 4. The van der Waals surface area contributed by atoms with Crippen LogP contribution < -0.4 is 5.32 Å². The van der Waals surface area contributed by atoms with Crippen molar-refractivity contribution in [3.63, 3.8) is 0 Å². The fourth-order valence-electron chi connectivity index (χ4n) is 0.748. The average Bonchev–Trinajstić information content (AvgIpc) is 2.06. The molecule has 1 rings (SSSR count). The number of rotatable bonds is 2. The molecule has 1 amide bonds. The van der Waals surface area contributed by atoms with Gasteiger partial charge in [-0.25, -0.2) is 4.79 Å². The lowest BCUT2D eigenvalue weighted by molar-refractivity contribution is -0.258. The lowest BCUT2D eigenvalue weighted by atomic mass is 10.3. The van der Waals surface area contributed by atoms with Gasteiger partial charge in [0.25, 0.3) is 0 Å². The van der Waals surface area contributed by atoms with Crippen LogP contribution in [0, 0.1) is 0 Å². The number of amides is 1. The minimum atomic E-state index is -0.447. The standard InChI is InChI=1S/C7H11NO4/c1-2-10-7(9)8-6-3-4-11-12-5-6/h3-4,6H,2,5H2,1H3,(H,8,9). The van der Waals surface area contributed by atoms with E-state index >= 15 is 0 Å². The number of nitrogens with one attached hydrogen (secondary N) is 1. The molecule has 12 heavy (non-hydrogen) atoms. The molecule has 1 aliphatic rings. The highest BCUT2D eigenvalue weighted by atomic mass is 17.2. The smallest absolute Gasteiger partial charge is 0.407 e. The fourth-order valence-corrected chi connectivity index (χ4v) is 0.748. The molecule has 0 aromatic carbocycles. The van der Waals surface area contributed by atoms with Gasteiger partial charge in [0.2, 0.25) is 0 Å². The Morgan fingerprint density at radius 1 is 1.83 bits per heavy atom. The van der Waals surface area contributed by atoms with Gasteiger partial charge in [0.1, 0.15) is 12.9 Å². The van der Waals surface area contributed by atoms with Gasteiger partial charge in [0.05, 0.1) is 12.6 Å². The zero-order chi connectivity index (χ0) is 8.81. The second kappa shape index (κ2) is 4.61. The maximum absolute atomic E-state index is 10.8. The Labute approximate surface area is 70.2 Å². The van der Waals surface area contributed by atoms with Crippen molar-refractivity contribution < 1.29 is 19.3 Å². The summed E-state index contributed by atoms with van der Waals surface area (Å²) in [6.07, 6.45) is 2.61. The third-order valence-electron chi connectivity index (χ3n) is 1.26. The van der Waals surface area contributed by atoms with Crippen LogP contribution in [0.25, 0.3) is 0 Å². The van der Waals surface area contributed by atoms with Gasteiger partial charge in [-0.15, -0.1) is 0 Å². The van der Waals surface area contributed by atoms with Crippen molar-refractivity contribution in [2.75, 3.05) is 13.2 Å². The molecule has 68 valence electrons. The normalized spacial score (nSPS) is 21.2. The average molecular weight is 173 g/mol. The number of alkyl carbamates (subject to hydrolysis) is 1. The lowest BCUT2D eigenvalue weighted by Gasteiger charge is -2.16. The van der Waals surface area contributed by atoms with Gasteiger partial charge in [0.15, 0.2) is 0 Å². The molecule has 0 aromatic heterocycles. The molecule has 1 unspecified atom stereocenters. The summed E-state index contributed by atoms with van der Waals surface area (Å²) < 4.78 is 4.66. The van der Waals surface area contributed by atoms with Gasteiger partial charge in [-0.05, 0) is 13.0 Å². The van der Waals surface area contributed by atoms with Crippen molar-refractivity contribution in [2.24, 2.45) is 0 Å². The second-order valence-corrected chi connectivity index (χ2v) is 2.18. The molecule has 0 spiro atoms. The molecule has 1 atom stereocenters. The molecular formula is C7H11NO4. The first-order valence-corrected chi connectivity index (χ1v) is 3.71. The minimum absolute atomic E-state index is 0.169. The van der Waals surface area contributed by atoms with Gasteiger partial charge >= 0.3 is 6.09 Å². The van der Waals surface area contributed by atoms with E-state index in [2.05, 4.69) is 19.8 Å². The van der Waals surface area contributed by atoms with Gasteiger partial charge in [0, 0.05) is 0 Å². The van der Waals surface area contributed by atoms with Crippen molar-refractivity contribution >= 4 is 6.09 Å². The molecule has 1 heterocycles. The first kappa shape index (κ1) is 8.86. The highest BCUT2D eigenvalue weighted by Crippen LogP contribution is 1.98. The Hall–Kier alpha value is -1.23. The largest absolute Gasteiger partial charge is 0.450 e. The summed E-state index contributed by atoms with van der Waals surface area (Å²) in [4.78, 5) is 19.9. The van der Waals surface area contributed by atoms with E-state index in [-0.39, 0.29) is 6.04 Å². The summed E-state index contributed by atoms with van der Waals surface area (Å²) in [5.41, 5.74) is 0. The quantitative estimate of drug-likeness (QED) is 0.620. The Bertz CT molecular complexity index is 180. The first-order valence-electron chi connectivity index (χ1n) is 3.71. The molecule has 0 aromatic rings. The summed E-state index contributed by atoms with van der Waals surface area (Å²) in [5, 5.41) is 2.57. The summed E-state index contributed by atoms with van der Waals surface area (Å²) >= 11 is 0. The lowest BCUT2D eigenvalue weighted by Crippen LogP contribution is -2.38. The highest BCUT2D eigenvalue weighted by molar-refractivity contribution is 5.67. The Balaban J connectivity index is 2.25. The molecule has 0 radical (unpaired) electrons. The summed E-state index contributed by atoms with van der Waals surface area (Å²) in [7, 11) is 0. The van der Waals surface area contributed by atoms with E-state index in [9.17, 15) is 4.79 Å². The van der Waals surface area contributed by atoms with E-state index in [1.165, 1.54) is 6.26 Å². The van der Waals surface area contributed by atoms with Crippen LogP contribution in [0.15, 0.2) is 12.3 Å². The van der Waals surface area contributed by atoms with Crippen molar-refractivity contribution in [1.29, 1.82) is 0 Å². The zero-order valence-electron chi connectivity index (χ0n) is 6.78. The van der Waals surface area contributed by atoms with Gasteiger partial charge < -0.3 is 14.9 Å². The molecule has 5 heteroatoms. The summed E-state index contributed by atoms with van der Waals surface area (Å²) in [6.45, 7) is 2.41. The van der Waals surface area contributed by atoms with Crippen molar-refractivity contribution in [2.45, 2.75) is 13.0 Å². The van der Waals surface area contributed by atoms with Crippen LogP contribution in [0.5, 0.6) is 0 Å². The van der Waals surface area contributed by atoms with Crippen LogP contribution in [0.4, 0.5) is 4.79 Å². The summed E-state index contributed by atoms with van der Waals surface area (Å²) in [6, 6.07) is -0.169. The maximum Gasteiger partial charge on any atom is 0.407 e. The van der Waals surface area contributed by atoms with Crippen molar-refractivity contribution in [3.05, 3.63) is 12.3 Å². The summed E-state index contributed by atoms with van der Waals surface area (Å²) in [5.74, 6) is 0. The van der Waals surface area contributed by atoms with E-state index in [0.717, 1.165) is 0 Å². The van der Waals surface area contributed by atoms with Crippen LogP contribution in [-0.4, -0.2) is 25.3 Å². The Morgan fingerprint density at radius 2 is 2.67 bits per heavy atom. The second-order valence-electron chi connectivity index (χ2n) is 2.18. The number of ether oxygens (including phenoxy) is 1. The van der Waals surface area contributed by atoms with E-state index < -0.39 is 6.09 Å². The molecule has 0 aliphatic carbocycles. The Kier molecular flexibility index (Phi) is 3.40. The molecule has 5 nitrogen and oxygen atoms in total. The molecule has 0 fully saturated rings. The zero-order valence-corrected chi connectivity index (χ0v) is 6.78. The van der Waals surface area contributed by atoms with E-state index in [1.807, 2.05) is 0 Å². The maximum atomic E-state index is 10.8. The van der Waals surface area contributed by atoms with E-state index in [0.29, 0.717) is 13.2 Å². The van der Waals surface area contributed by atoms with Crippen LogP contribution in [0.1, 0.15) is 6.92 Å². The number of hydrogen-bond donors (Lipinski definition) is 1. The van der Waals surface area contributed by atoms with Crippen LogP contribution in [0.2, 0.25) is 0 Å². The third-order valence-corrected chi connectivity index (χ3v) is 1.26. The minimum Gasteiger partial charge on any atom is -0.450 e. The van der Waals surface area contributed by atoms with Crippen LogP contribution >= 0.6 is 0 Å². The predicted octanol–water partition coefficient (Wildman–Crippen LogP) is 0.577. The van der Waals surface area contributed by atoms with Crippen LogP contribution in [0.3, 0.4) is 0 Å². The molecule has 0 bridgehead atoms. The predicted molar refractivity (Wildman–Crippen MR) is 40.1 cm³/mol. The topological polar surface area (TPSA) is 56.8 Å². The van der Waals surface area contributed by atoms with E-state index in [4.69, 9.17) is 0 Å². The fraction of sp³-hybridized carbons (Fsp3) is 0.571. The Morgan fingerprint density at radius 3 is 3.25 bits per heavy atom. The van der Waals surface area contributed by atoms with E-state index in [1.54, 1.807) is 13.0 Å². The van der Waals surface area contributed by atoms with Crippen molar-refractivity contribution in [1.82, 2.24) is 5.32 Å². The van der Waals surface area contributed by atoms with Crippen molar-refractivity contribution in [3.8, 4) is 0 Å². The molecular weight excluding hydrogens is 162 g/mol. The number of carbonyl (C=O) groups excluding carboxylic acids is 1. The van der Waals surface area contributed by atoms with Gasteiger partial charge in [-0.3, -0.25) is 0 Å². The third kappa shape index (κ3) is 2.79. The SMILES string of the molecule is CCOC(=O)NC1C=COOC1. The monoisotopic (exact) mass is 173 g/mol. The first-order chi connectivity index (χ1) is 5.83. The molecule has 0 saturated heterocycles. The highest BCUT2D eigenvalue weighted by Gasteiger charge is 2.13. The van der Waals surface area contributed by atoms with Crippen LogP contribution in [-0.2, 0) is 14.5 Å². The van der Waals surface area contributed by atoms with Gasteiger partial charge in [-0.1, -0.05) is 0 Å². The molecule has 1 N–H and O–H groups in total.